The summed E-state index contributed by atoms with van der Waals surface area (Å²) < 4.78 is 7.14. The molecule has 0 saturated carbocycles. The fourth-order valence-electron chi connectivity index (χ4n) is 3.88. The van der Waals surface area contributed by atoms with Crippen LogP contribution >= 0.6 is 0 Å². The smallest absolute Gasteiger partial charge is 0.259 e. The number of benzene rings is 2. The molecule has 2 aromatic heterocycles. The summed E-state index contributed by atoms with van der Waals surface area (Å²) in [4.78, 5) is 20.8. The number of nitrogens with one attached hydrogen (secondary N) is 3. The molecule has 0 spiro atoms. The Kier molecular flexibility index (Phi) is 4.24. The normalized spacial score (nSPS) is 15.6. The minimum absolute atomic E-state index is 0.253. The van der Waals surface area contributed by atoms with Gasteiger partial charge in [0.05, 0.1) is 18.4 Å². The van der Waals surface area contributed by atoms with Gasteiger partial charge in [0.1, 0.15) is 18.1 Å². The summed E-state index contributed by atoms with van der Waals surface area (Å²) in [5.41, 5.74) is 3.97. The highest BCUT2D eigenvalue weighted by Crippen LogP contribution is 2.36. The Morgan fingerprint density at radius 2 is 1.97 bits per heavy atom. The lowest BCUT2D eigenvalue weighted by atomic mass is 10.00. The molecule has 0 fully saturated rings. The van der Waals surface area contributed by atoms with Crippen LogP contribution in [0.1, 0.15) is 28.9 Å². The first-order valence-electron chi connectivity index (χ1n) is 9.55. The molecule has 2 aromatic carbocycles. The number of H-pyrrole nitrogens is 1. The van der Waals surface area contributed by atoms with Gasteiger partial charge in [0.25, 0.3) is 5.91 Å². The molecule has 30 heavy (non-hydrogen) atoms. The van der Waals surface area contributed by atoms with Crippen LogP contribution in [-0.4, -0.2) is 32.8 Å². The summed E-state index contributed by atoms with van der Waals surface area (Å²) in [6.45, 7) is 1.91. The number of rotatable bonds is 4. The third-order valence-corrected chi connectivity index (χ3v) is 5.31. The van der Waals surface area contributed by atoms with E-state index in [1.165, 1.54) is 6.33 Å². The molecular weight excluding hydrogens is 380 g/mol. The van der Waals surface area contributed by atoms with Crippen LogP contribution in [0.4, 0.5) is 5.95 Å². The van der Waals surface area contributed by atoms with Gasteiger partial charge in [0, 0.05) is 28.4 Å². The van der Waals surface area contributed by atoms with Crippen LogP contribution in [0.15, 0.2) is 72.4 Å². The van der Waals surface area contributed by atoms with Crippen molar-refractivity contribution in [2.75, 3.05) is 12.4 Å². The predicted octanol–water partition coefficient (Wildman–Crippen LogP) is 3.44. The van der Waals surface area contributed by atoms with E-state index >= 15 is 0 Å². The molecule has 150 valence electrons. The van der Waals surface area contributed by atoms with Gasteiger partial charge in [0.15, 0.2) is 0 Å². The molecular formula is C22H20N6O2. The largest absolute Gasteiger partial charge is 0.496 e. The van der Waals surface area contributed by atoms with Crippen LogP contribution in [-0.2, 0) is 0 Å². The van der Waals surface area contributed by atoms with Crippen LogP contribution in [0.25, 0.3) is 10.9 Å². The Labute approximate surface area is 172 Å². The molecule has 1 unspecified atom stereocenters. The number of hydrogen-bond acceptors (Lipinski definition) is 5. The van der Waals surface area contributed by atoms with Crippen molar-refractivity contribution in [1.29, 1.82) is 0 Å². The lowest BCUT2D eigenvalue weighted by Gasteiger charge is -2.29. The van der Waals surface area contributed by atoms with E-state index in [9.17, 15) is 4.79 Å². The van der Waals surface area contributed by atoms with Gasteiger partial charge in [-0.25, -0.2) is 4.68 Å². The van der Waals surface area contributed by atoms with Crippen LogP contribution in [0, 0.1) is 0 Å². The Balaban J connectivity index is 1.61. The van der Waals surface area contributed by atoms with Crippen molar-refractivity contribution < 1.29 is 9.53 Å². The highest BCUT2D eigenvalue weighted by atomic mass is 16.5. The van der Waals surface area contributed by atoms with Crippen LogP contribution in [0.2, 0.25) is 0 Å². The summed E-state index contributed by atoms with van der Waals surface area (Å²) in [6.07, 6.45) is 3.46. The lowest BCUT2D eigenvalue weighted by molar-refractivity contribution is 0.0958. The number of anilines is 1. The minimum atomic E-state index is -0.349. The van der Waals surface area contributed by atoms with E-state index in [2.05, 4.69) is 31.8 Å². The molecule has 1 aliphatic heterocycles. The zero-order chi connectivity index (χ0) is 20.7. The first-order valence-corrected chi connectivity index (χ1v) is 9.55. The van der Waals surface area contributed by atoms with Crippen molar-refractivity contribution in [3.8, 4) is 5.75 Å². The van der Waals surface area contributed by atoms with Crippen LogP contribution in [0.5, 0.6) is 5.75 Å². The standard InChI is InChI=1S/C22H20N6O2/c1-13-19(27-21(29)15-8-4-6-10-18(15)30-2)20(28-22(26-13)24-12-25-28)16-11-23-17-9-5-3-7-14(16)17/h3-12,20,23H,1-2H3,(H,27,29)(H,24,25,26). The number of aromatic amines is 1. The number of fused-ring (bicyclic) bond motifs is 2. The SMILES string of the molecule is COc1ccccc1C(=O)NC1=C(C)Nc2ncnn2C1c1c[nH]c2ccccc12. The van der Waals surface area contributed by atoms with E-state index in [0.29, 0.717) is 23.0 Å². The number of nitrogens with zero attached hydrogens (tertiary/aromatic N) is 3. The van der Waals surface area contributed by atoms with Crippen LogP contribution in [0.3, 0.4) is 0 Å². The molecule has 1 atom stereocenters. The number of hydrogen-bond donors (Lipinski definition) is 3. The number of amides is 1. The zero-order valence-corrected chi connectivity index (χ0v) is 16.5. The Morgan fingerprint density at radius 1 is 1.17 bits per heavy atom. The number of carbonyl (C=O) groups excluding carboxylic acids is 1. The number of methoxy groups -OCH3 is 1. The fraction of sp³-hybridized carbons (Fsp3) is 0.136. The number of carbonyl (C=O) groups is 1. The second kappa shape index (κ2) is 7.07. The number of para-hydroxylation sites is 2. The van der Waals surface area contributed by atoms with Gasteiger partial charge in [-0.2, -0.15) is 10.1 Å². The van der Waals surface area contributed by atoms with Gasteiger partial charge < -0.3 is 20.4 Å². The van der Waals surface area contributed by atoms with Gasteiger partial charge in [-0.05, 0) is 25.1 Å². The third kappa shape index (κ3) is 2.81. The second-order valence-corrected chi connectivity index (χ2v) is 7.04. The fourth-order valence-corrected chi connectivity index (χ4v) is 3.88. The zero-order valence-electron chi connectivity index (χ0n) is 16.5. The molecule has 8 heteroatoms. The van der Waals surface area contributed by atoms with Gasteiger partial charge in [-0.1, -0.05) is 30.3 Å². The third-order valence-electron chi connectivity index (χ3n) is 5.31. The summed E-state index contributed by atoms with van der Waals surface area (Å²) in [5, 5.41) is 11.8. The maximum atomic E-state index is 13.2. The van der Waals surface area contributed by atoms with E-state index in [1.807, 2.05) is 43.5 Å². The first kappa shape index (κ1) is 18.0. The summed E-state index contributed by atoms with van der Waals surface area (Å²) in [7, 11) is 1.55. The Morgan fingerprint density at radius 3 is 2.83 bits per heavy atom. The first-order chi connectivity index (χ1) is 14.7. The Bertz CT molecular complexity index is 1290. The number of aromatic nitrogens is 4. The average Bonchev–Trinajstić information content (AvgIpc) is 3.41. The van der Waals surface area contributed by atoms with E-state index in [1.54, 1.807) is 23.9 Å². The van der Waals surface area contributed by atoms with E-state index in [4.69, 9.17) is 4.74 Å². The minimum Gasteiger partial charge on any atom is -0.496 e. The van der Waals surface area contributed by atoms with Gasteiger partial charge >= 0.3 is 0 Å². The van der Waals surface area contributed by atoms with E-state index < -0.39 is 0 Å². The molecule has 0 radical (unpaired) electrons. The molecule has 8 nitrogen and oxygen atoms in total. The van der Waals surface area contributed by atoms with E-state index in [-0.39, 0.29) is 11.9 Å². The van der Waals surface area contributed by atoms with Gasteiger partial charge in [-0.15, -0.1) is 0 Å². The molecule has 1 amide bonds. The molecule has 1 aliphatic rings. The molecule has 0 saturated heterocycles. The highest BCUT2D eigenvalue weighted by molar-refractivity contribution is 5.98. The maximum absolute atomic E-state index is 13.2. The molecule has 0 aliphatic carbocycles. The monoisotopic (exact) mass is 400 g/mol. The topological polar surface area (TPSA) is 96.9 Å². The van der Waals surface area contributed by atoms with Crippen molar-refractivity contribution >= 4 is 22.8 Å². The summed E-state index contributed by atoms with van der Waals surface area (Å²) in [6, 6.07) is 14.8. The number of allylic oxidation sites excluding steroid dienone is 2. The molecule has 4 aromatic rings. The van der Waals surface area contributed by atoms with Crippen molar-refractivity contribution in [3.05, 3.63) is 83.6 Å². The highest BCUT2D eigenvalue weighted by Gasteiger charge is 2.32. The van der Waals surface area contributed by atoms with Crippen molar-refractivity contribution in [2.45, 2.75) is 13.0 Å². The average molecular weight is 400 g/mol. The summed E-state index contributed by atoms with van der Waals surface area (Å²) in [5.74, 6) is 0.886. The number of ether oxygens (including phenoxy) is 1. The quantitative estimate of drug-likeness (QED) is 0.488. The molecule has 3 N–H and O–H groups in total. The summed E-state index contributed by atoms with van der Waals surface area (Å²) >= 11 is 0. The van der Waals surface area contributed by atoms with Crippen molar-refractivity contribution in [1.82, 2.24) is 25.1 Å². The predicted molar refractivity (Wildman–Crippen MR) is 113 cm³/mol. The molecule has 5 rings (SSSR count). The lowest BCUT2D eigenvalue weighted by Crippen LogP contribution is -2.35. The second-order valence-electron chi connectivity index (χ2n) is 7.04. The van der Waals surface area contributed by atoms with Gasteiger partial charge in [0.2, 0.25) is 5.95 Å². The molecule has 3 heterocycles. The van der Waals surface area contributed by atoms with E-state index in [0.717, 1.165) is 22.2 Å². The van der Waals surface area contributed by atoms with Gasteiger partial charge in [-0.3, -0.25) is 4.79 Å². The van der Waals surface area contributed by atoms with Crippen molar-refractivity contribution in [2.24, 2.45) is 0 Å². The molecule has 0 bridgehead atoms. The Hall–Kier alpha value is -4.07. The van der Waals surface area contributed by atoms with Crippen molar-refractivity contribution in [3.63, 3.8) is 0 Å². The maximum Gasteiger partial charge on any atom is 0.259 e. The van der Waals surface area contributed by atoms with Crippen LogP contribution < -0.4 is 15.4 Å².